The van der Waals surface area contributed by atoms with E-state index in [2.05, 4.69) is 4.90 Å². The molecule has 1 aromatic carbocycles. The van der Waals surface area contributed by atoms with Crippen LogP contribution < -0.4 is 0 Å². The van der Waals surface area contributed by atoms with E-state index in [0.29, 0.717) is 0 Å². The van der Waals surface area contributed by atoms with Crippen LogP contribution in [0.15, 0.2) is 24.3 Å². The minimum Gasteiger partial charge on any atom is -0.292 e. The second-order valence-electron chi connectivity index (χ2n) is 6.23. The van der Waals surface area contributed by atoms with Gasteiger partial charge >= 0.3 is 0 Å². The third kappa shape index (κ3) is 1.64. The van der Waals surface area contributed by atoms with Crippen molar-refractivity contribution in [1.29, 1.82) is 0 Å². The molecule has 1 aromatic rings. The number of rotatable bonds is 1. The number of hydrogen-bond donors (Lipinski definition) is 0. The van der Waals surface area contributed by atoms with Crippen LogP contribution >= 0.6 is 0 Å². The number of imide groups is 1. The topological polar surface area (TPSA) is 40.6 Å². The minimum atomic E-state index is -0.307. The standard InChI is InChI=1S/C16H17FN2O2/c1-18-15(20)12-11-3-2-8-19(11)14(13(12)16(18)21)9-4-6-10(17)7-5-9/h4-7,11-14H,2-3,8H2,1H3/t11-,12+,13+,14-/m1/s1. The molecule has 0 bridgehead atoms. The number of hydrogen-bond acceptors (Lipinski definition) is 3. The van der Waals surface area contributed by atoms with Crippen molar-refractivity contribution >= 4 is 11.8 Å². The van der Waals surface area contributed by atoms with E-state index in [4.69, 9.17) is 0 Å². The van der Waals surface area contributed by atoms with Crippen molar-refractivity contribution in [3.05, 3.63) is 35.6 Å². The van der Waals surface area contributed by atoms with Crippen LogP contribution in [0.5, 0.6) is 0 Å². The van der Waals surface area contributed by atoms with Crippen molar-refractivity contribution in [2.75, 3.05) is 13.6 Å². The van der Waals surface area contributed by atoms with Gasteiger partial charge in [-0.1, -0.05) is 12.1 Å². The van der Waals surface area contributed by atoms with Gasteiger partial charge in [0.1, 0.15) is 5.82 Å². The fraction of sp³-hybridized carbons (Fsp3) is 0.500. The number of amides is 2. The largest absolute Gasteiger partial charge is 0.292 e. The van der Waals surface area contributed by atoms with Crippen LogP contribution in [-0.2, 0) is 9.59 Å². The summed E-state index contributed by atoms with van der Waals surface area (Å²) in [5, 5.41) is 0. The first-order valence-corrected chi connectivity index (χ1v) is 7.42. The number of likely N-dealkylation sites (tertiary alicyclic amines) is 1. The van der Waals surface area contributed by atoms with Gasteiger partial charge in [-0.25, -0.2) is 4.39 Å². The van der Waals surface area contributed by atoms with Crippen molar-refractivity contribution < 1.29 is 14.0 Å². The summed E-state index contributed by atoms with van der Waals surface area (Å²) in [5.74, 6) is -0.948. The van der Waals surface area contributed by atoms with E-state index in [-0.39, 0.29) is 41.6 Å². The van der Waals surface area contributed by atoms with E-state index >= 15 is 0 Å². The van der Waals surface area contributed by atoms with E-state index in [1.165, 1.54) is 17.0 Å². The van der Waals surface area contributed by atoms with Crippen molar-refractivity contribution in [3.8, 4) is 0 Å². The molecule has 3 aliphatic heterocycles. The molecule has 4 atom stereocenters. The van der Waals surface area contributed by atoms with Crippen molar-refractivity contribution in [2.24, 2.45) is 11.8 Å². The zero-order valence-corrected chi connectivity index (χ0v) is 11.8. The molecule has 4 nitrogen and oxygen atoms in total. The number of carbonyl (C=O) groups excluding carboxylic acids is 2. The lowest BCUT2D eigenvalue weighted by molar-refractivity contribution is -0.139. The van der Waals surface area contributed by atoms with Gasteiger partial charge in [0, 0.05) is 19.1 Å². The maximum absolute atomic E-state index is 13.2. The lowest BCUT2D eigenvalue weighted by Crippen LogP contribution is -2.37. The van der Waals surface area contributed by atoms with E-state index in [9.17, 15) is 14.0 Å². The summed E-state index contributed by atoms with van der Waals surface area (Å²) < 4.78 is 13.2. The van der Waals surface area contributed by atoms with Gasteiger partial charge in [-0.05, 0) is 37.1 Å². The quantitative estimate of drug-likeness (QED) is 0.737. The van der Waals surface area contributed by atoms with Gasteiger partial charge in [0.25, 0.3) is 0 Å². The molecule has 3 aliphatic rings. The van der Waals surface area contributed by atoms with E-state index in [0.717, 1.165) is 24.9 Å². The Morgan fingerprint density at radius 3 is 2.48 bits per heavy atom. The first kappa shape index (κ1) is 13.0. The van der Waals surface area contributed by atoms with E-state index in [1.807, 2.05) is 0 Å². The van der Waals surface area contributed by atoms with Gasteiger partial charge < -0.3 is 0 Å². The molecule has 0 aromatic heterocycles. The second-order valence-corrected chi connectivity index (χ2v) is 6.23. The zero-order chi connectivity index (χ0) is 14.7. The average molecular weight is 288 g/mol. The van der Waals surface area contributed by atoms with E-state index in [1.54, 1.807) is 19.2 Å². The van der Waals surface area contributed by atoms with Crippen LogP contribution in [0.1, 0.15) is 24.4 Å². The van der Waals surface area contributed by atoms with Crippen LogP contribution in [-0.4, -0.2) is 41.2 Å². The second kappa shape index (κ2) is 4.37. The zero-order valence-electron chi connectivity index (χ0n) is 11.8. The third-order valence-corrected chi connectivity index (χ3v) is 5.28. The van der Waals surface area contributed by atoms with Crippen LogP contribution in [0.2, 0.25) is 0 Å². The molecule has 0 N–H and O–H groups in total. The number of nitrogens with zero attached hydrogens (tertiary/aromatic N) is 2. The molecular weight excluding hydrogens is 271 g/mol. The molecule has 0 unspecified atom stereocenters. The van der Waals surface area contributed by atoms with Crippen LogP contribution in [0, 0.1) is 17.7 Å². The fourth-order valence-corrected chi connectivity index (χ4v) is 4.41. The number of benzene rings is 1. The minimum absolute atomic E-state index is 0.0495. The highest BCUT2D eigenvalue weighted by Gasteiger charge is 2.62. The normalized spacial score (nSPS) is 35.4. The Hall–Kier alpha value is -1.75. The maximum atomic E-state index is 13.2. The SMILES string of the molecule is CN1C(=O)[C@@H]2[C@H](C1=O)[C@@H](c1ccc(F)cc1)N1CCC[C@H]21. The molecule has 0 saturated carbocycles. The smallest absolute Gasteiger partial charge is 0.234 e. The first-order chi connectivity index (χ1) is 10.1. The van der Waals surface area contributed by atoms with E-state index < -0.39 is 0 Å². The van der Waals surface area contributed by atoms with Crippen molar-refractivity contribution in [2.45, 2.75) is 24.9 Å². The number of fused-ring (bicyclic) bond motifs is 3. The summed E-state index contributed by atoms with van der Waals surface area (Å²) in [6, 6.07) is 6.41. The molecule has 5 heteroatoms. The Morgan fingerprint density at radius 1 is 1.10 bits per heavy atom. The Morgan fingerprint density at radius 2 is 1.76 bits per heavy atom. The van der Waals surface area contributed by atoms with Gasteiger partial charge in [-0.15, -0.1) is 0 Å². The first-order valence-electron chi connectivity index (χ1n) is 7.42. The van der Waals surface area contributed by atoms with Gasteiger partial charge in [0.2, 0.25) is 11.8 Å². The highest BCUT2D eigenvalue weighted by molar-refractivity contribution is 6.06. The van der Waals surface area contributed by atoms with Crippen molar-refractivity contribution in [3.63, 3.8) is 0 Å². The Bertz CT molecular complexity index is 615. The summed E-state index contributed by atoms with van der Waals surface area (Å²) in [4.78, 5) is 28.4. The molecule has 0 spiro atoms. The van der Waals surface area contributed by atoms with Crippen LogP contribution in [0.3, 0.4) is 0 Å². The molecular formula is C16H17FN2O2. The molecule has 2 amide bonds. The highest BCUT2D eigenvalue weighted by atomic mass is 19.1. The Kier molecular flexibility index (Phi) is 2.70. The number of halogens is 1. The van der Waals surface area contributed by atoms with Gasteiger partial charge in [-0.2, -0.15) is 0 Å². The van der Waals surface area contributed by atoms with Gasteiger partial charge in [0.05, 0.1) is 11.8 Å². The molecule has 0 aliphatic carbocycles. The van der Waals surface area contributed by atoms with Crippen LogP contribution in [0.4, 0.5) is 4.39 Å². The fourth-order valence-electron chi connectivity index (χ4n) is 4.41. The molecule has 3 saturated heterocycles. The third-order valence-electron chi connectivity index (χ3n) is 5.28. The highest BCUT2D eigenvalue weighted by Crippen LogP contribution is 2.52. The van der Waals surface area contributed by atoms with Gasteiger partial charge in [0.15, 0.2) is 0 Å². The summed E-state index contributed by atoms with van der Waals surface area (Å²) >= 11 is 0. The lowest BCUT2D eigenvalue weighted by Gasteiger charge is -2.28. The predicted octanol–water partition coefficient (Wildman–Crippen LogP) is 1.58. The summed E-state index contributed by atoms with van der Waals surface area (Å²) in [6.07, 6.45) is 2.02. The predicted molar refractivity (Wildman–Crippen MR) is 73.6 cm³/mol. The summed E-state index contributed by atoms with van der Waals surface area (Å²) in [7, 11) is 1.57. The van der Waals surface area contributed by atoms with Crippen molar-refractivity contribution in [1.82, 2.24) is 9.80 Å². The monoisotopic (exact) mass is 288 g/mol. The molecule has 4 rings (SSSR count). The maximum Gasteiger partial charge on any atom is 0.234 e. The molecule has 3 fully saturated rings. The number of carbonyl (C=O) groups is 2. The molecule has 3 heterocycles. The lowest BCUT2D eigenvalue weighted by atomic mass is 9.85. The molecule has 0 radical (unpaired) electrons. The Labute approximate surface area is 122 Å². The summed E-state index contributed by atoms with van der Waals surface area (Å²) in [6.45, 7) is 0.907. The average Bonchev–Trinajstić information content (AvgIpc) is 3.10. The van der Waals surface area contributed by atoms with Crippen LogP contribution in [0.25, 0.3) is 0 Å². The molecule has 21 heavy (non-hydrogen) atoms. The van der Waals surface area contributed by atoms with Gasteiger partial charge in [-0.3, -0.25) is 19.4 Å². The molecule has 110 valence electrons. The Balaban J connectivity index is 1.80. The summed E-state index contributed by atoms with van der Waals surface area (Å²) in [5.41, 5.74) is 0.937.